The highest BCUT2D eigenvalue weighted by Gasteiger charge is 2.22. The maximum Gasteiger partial charge on any atom is 0.257 e. The molecule has 0 amide bonds. The predicted molar refractivity (Wildman–Crippen MR) is 189 cm³/mol. The van der Waals surface area contributed by atoms with Crippen LogP contribution in [0.4, 0.5) is 0 Å². The maximum atomic E-state index is 3.60. The summed E-state index contributed by atoms with van der Waals surface area (Å²) < 4.78 is 2.55. The van der Waals surface area contributed by atoms with Crippen molar-refractivity contribution in [1.29, 1.82) is 0 Å². The van der Waals surface area contributed by atoms with E-state index in [-0.39, 0.29) is 0 Å². The van der Waals surface area contributed by atoms with E-state index in [1.165, 1.54) is 205 Å². The number of nitrogens with one attached hydrogen (secondary N) is 1. The monoisotopic (exact) mass is 588 g/mol. The van der Waals surface area contributed by atoms with Crippen LogP contribution in [0.1, 0.15) is 245 Å². The zero-order valence-corrected chi connectivity index (χ0v) is 29.7. The first-order valence-corrected chi connectivity index (χ1v) is 19.8. The van der Waals surface area contributed by atoms with E-state index in [4.69, 9.17) is 0 Å². The van der Waals surface area contributed by atoms with Crippen molar-refractivity contribution in [3.05, 3.63) is 18.2 Å². The molecule has 0 saturated carbocycles. The summed E-state index contributed by atoms with van der Waals surface area (Å²) in [5, 5.41) is 0. The SMILES string of the molecule is CCCCCCCCCCCCCCCCCCC(C)c1[nH]cc[n+]1C(C)CCCCCCCCCCCCCCC. The molecule has 0 bridgehead atoms. The van der Waals surface area contributed by atoms with Crippen molar-refractivity contribution in [3.63, 3.8) is 0 Å². The molecular weight excluding hydrogens is 508 g/mol. The Morgan fingerprint density at radius 3 is 1.12 bits per heavy atom. The van der Waals surface area contributed by atoms with E-state index in [1.54, 1.807) is 0 Å². The number of H-pyrrole nitrogens is 1. The Hall–Kier alpha value is -0.790. The van der Waals surface area contributed by atoms with Crippen LogP contribution in [-0.2, 0) is 0 Å². The van der Waals surface area contributed by atoms with Crippen LogP contribution < -0.4 is 4.57 Å². The second kappa shape index (κ2) is 30.2. The Morgan fingerprint density at radius 2 is 0.762 bits per heavy atom. The lowest BCUT2D eigenvalue weighted by Gasteiger charge is -2.14. The average molecular weight is 588 g/mol. The van der Waals surface area contributed by atoms with E-state index in [9.17, 15) is 0 Å². The van der Waals surface area contributed by atoms with Crippen LogP contribution in [-0.4, -0.2) is 4.98 Å². The van der Waals surface area contributed by atoms with Crippen LogP contribution in [0.3, 0.4) is 0 Å². The molecule has 1 N–H and O–H groups in total. The largest absolute Gasteiger partial charge is 0.257 e. The van der Waals surface area contributed by atoms with Gasteiger partial charge in [0, 0.05) is 0 Å². The Kier molecular flexibility index (Phi) is 28.3. The fraction of sp³-hybridized carbons (Fsp3) is 0.925. The third-order valence-corrected chi connectivity index (χ3v) is 9.90. The lowest BCUT2D eigenvalue weighted by Crippen LogP contribution is -2.40. The van der Waals surface area contributed by atoms with Crippen molar-refractivity contribution in [3.8, 4) is 0 Å². The van der Waals surface area contributed by atoms with Gasteiger partial charge in [-0.3, -0.25) is 0 Å². The molecule has 248 valence electrons. The molecule has 1 heterocycles. The Morgan fingerprint density at radius 1 is 0.452 bits per heavy atom. The fourth-order valence-corrected chi connectivity index (χ4v) is 6.87. The first kappa shape index (κ1) is 39.2. The van der Waals surface area contributed by atoms with Gasteiger partial charge in [0.15, 0.2) is 0 Å². The second-order valence-electron chi connectivity index (χ2n) is 14.1. The zero-order valence-electron chi connectivity index (χ0n) is 29.7. The van der Waals surface area contributed by atoms with E-state index < -0.39 is 0 Å². The topological polar surface area (TPSA) is 19.7 Å². The standard InChI is InChI=1S/C40H78N2/c1-5-7-9-11-13-15-17-19-20-21-23-24-26-28-30-32-34-38(3)40-41-36-37-42(40)39(4)35-33-31-29-27-25-22-18-16-14-12-10-8-6-2/h36-39H,5-35H2,1-4H3/p+1. The molecule has 0 fully saturated rings. The summed E-state index contributed by atoms with van der Waals surface area (Å²) in [6, 6.07) is 0.618. The van der Waals surface area contributed by atoms with Crippen molar-refractivity contribution in [2.75, 3.05) is 0 Å². The van der Waals surface area contributed by atoms with E-state index in [2.05, 4.69) is 49.6 Å². The molecule has 2 nitrogen and oxygen atoms in total. The minimum absolute atomic E-state index is 0.618. The first-order valence-electron chi connectivity index (χ1n) is 19.8. The number of aromatic amines is 1. The fourth-order valence-electron chi connectivity index (χ4n) is 6.87. The third-order valence-electron chi connectivity index (χ3n) is 9.90. The third kappa shape index (κ3) is 22.7. The summed E-state index contributed by atoms with van der Waals surface area (Å²) in [7, 11) is 0. The van der Waals surface area contributed by atoms with Crippen molar-refractivity contribution in [2.24, 2.45) is 0 Å². The molecule has 0 spiro atoms. The molecule has 0 saturated heterocycles. The molecule has 0 radical (unpaired) electrons. The molecule has 0 aromatic carbocycles. The lowest BCUT2D eigenvalue weighted by atomic mass is 9.99. The van der Waals surface area contributed by atoms with E-state index in [0.717, 1.165) is 0 Å². The van der Waals surface area contributed by atoms with Gasteiger partial charge in [0.25, 0.3) is 5.82 Å². The zero-order chi connectivity index (χ0) is 30.4. The molecule has 42 heavy (non-hydrogen) atoms. The molecule has 0 aliphatic carbocycles. The van der Waals surface area contributed by atoms with Crippen molar-refractivity contribution in [1.82, 2.24) is 4.98 Å². The normalized spacial score (nSPS) is 13.1. The number of rotatable bonds is 33. The van der Waals surface area contributed by atoms with Gasteiger partial charge >= 0.3 is 0 Å². The predicted octanol–water partition coefficient (Wildman–Crippen LogP) is 14.1. The summed E-state index contributed by atoms with van der Waals surface area (Å²) in [5.41, 5.74) is 0. The molecule has 2 unspecified atom stereocenters. The number of imidazole rings is 1. The smallest absolute Gasteiger partial charge is 0.247 e. The van der Waals surface area contributed by atoms with Crippen LogP contribution in [0.5, 0.6) is 0 Å². The lowest BCUT2D eigenvalue weighted by molar-refractivity contribution is -0.727. The highest BCUT2D eigenvalue weighted by molar-refractivity contribution is 4.87. The van der Waals surface area contributed by atoms with Gasteiger partial charge in [-0.15, -0.1) is 0 Å². The van der Waals surface area contributed by atoms with E-state index in [0.29, 0.717) is 12.0 Å². The van der Waals surface area contributed by atoms with Gasteiger partial charge in [0.05, 0.1) is 12.0 Å². The average Bonchev–Trinajstić information content (AvgIpc) is 3.49. The van der Waals surface area contributed by atoms with Gasteiger partial charge in [0.1, 0.15) is 12.4 Å². The number of nitrogens with zero attached hydrogens (tertiary/aromatic N) is 1. The van der Waals surface area contributed by atoms with Crippen molar-refractivity contribution < 1.29 is 4.57 Å². The molecular formula is C40H79N2+. The number of hydrogen-bond acceptors (Lipinski definition) is 0. The first-order chi connectivity index (χ1) is 20.7. The Bertz CT molecular complexity index is 650. The maximum absolute atomic E-state index is 3.60. The number of aromatic nitrogens is 2. The van der Waals surface area contributed by atoms with Crippen molar-refractivity contribution >= 4 is 0 Å². The molecule has 0 aliphatic rings. The van der Waals surface area contributed by atoms with Crippen molar-refractivity contribution in [2.45, 2.75) is 239 Å². The van der Waals surface area contributed by atoms with Crippen LogP contribution in [0.2, 0.25) is 0 Å². The van der Waals surface area contributed by atoms with Gasteiger partial charge in [-0.2, -0.15) is 0 Å². The molecule has 1 aromatic heterocycles. The van der Waals surface area contributed by atoms with Crippen LogP contribution in [0.15, 0.2) is 12.4 Å². The summed E-state index contributed by atoms with van der Waals surface area (Å²) in [4.78, 5) is 3.60. The summed E-state index contributed by atoms with van der Waals surface area (Å²) >= 11 is 0. The minimum atomic E-state index is 0.618. The van der Waals surface area contributed by atoms with Gasteiger partial charge in [-0.05, 0) is 26.2 Å². The Labute approximate surface area is 266 Å². The van der Waals surface area contributed by atoms with Crippen LogP contribution in [0, 0.1) is 0 Å². The summed E-state index contributed by atoms with van der Waals surface area (Å²) in [6.07, 6.45) is 49.0. The van der Waals surface area contributed by atoms with Gasteiger partial charge in [0.2, 0.25) is 0 Å². The van der Waals surface area contributed by atoms with E-state index in [1.807, 2.05) is 0 Å². The molecule has 1 aromatic rings. The van der Waals surface area contributed by atoms with Crippen LogP contribution in [0.25, 0.3) is 0 Å². The van der Waals surface area contributed by atoms with Crippen LogP contribution >= 0.6 is 0 Å². The molecule has 2 atom stereocenters. The molecule has 2 heteroatoms. The summed E-state index contributed by atoms with van der Waals surface area (Å²) in [5.74, 6) is 2.10. The van der Waals surface area contributed by atoms with E-state index >= 15 is 0 Å². The molecule has 1 rings (SSSR count). The quantitative estimate of drug-likeness (QED) is 0.0623. The molecule has 0 aliphatic heterocycles. The minimum Gasteiger partial charge on any atom is -0.247 e. The summed E-state index contributed by atoms with van der Waals surface area (Å²) in [6.45, 7) is 9.48. The second-order valence-corrected chi connectivity index (χ2v) is 14.1. The number of hydrogen-bond donors (Lipinski definition) is 1. The number of unbranched alkanes of at least 4 members (excludes halogenated alkanes) is 27. The van der Waals surface area contributed by atoms with Gasteiger partial charge in [-0.1, -0.05) is 201 Å². The highest BCUT2D eigenvalue weighted by atomic mass is 15.1. The Balaban J connectivity index is 1.97. The highest BCUT2D eigenvalue weighted by Crippen LogP contribution is 2.22. The van der Waals surface area contributed by atoms with Gasteiger partial charge in [-0.25, -0.2) is 9.55 Å². The van der Waals surface area contributed by atoms with Gasteiger partial charge < -0.3 is 0 Å².